The molecule has 1 amide bonds. The Labute approximate surface area is 160 Å². The van der Waals surface area contributed by atoms with Crippen LogP contribution in [-0.4, -0.2) is 13.0 Å². The van der Waals surface area contributed by atoms with Crippen molar-refractivity contribution < 1.29 is 4.79 Å². The van der Waals surface area contributed by atoms with Gasteiger partial charge in [-0.05, 0) is 35.2 Å². The highest BCUT2D eigenvalue weighted by molar-refractivity contribution is 5.94. The maximum atomic E-state index is 12.4. The topological polar surface area (TPSA) is 41.1 Å². The van der Waals surface area contributed by atoms with E-state index in [2.05, 4.69) is 22.8 Å². The third-order valence-corrected chi connectivity index (χ3v) is 4.39. The lowest BCUT2D eigenvalue weighted by molar-refractivity contribution is -0.116. The van der Waals surface area contributed by atoms with E-state index in [1.165, 1.54) is 5.56 Å². The fourth-order valence-electron chi connectivity index (χ4n) is 2.92. The first-order valence-electron chi connectivity index (χ1n) is 9.14. The van der Waals surface area contributed by atoms with Gasteiger partial charge in [0, 0.05) is 24.8 Å². The van der Waals surface area contributed by atoms with Crippen LogP contribution in [0.25, 0.3) is 12.2 Å². The zero-order valence-electron chi connectivity index (χ0n) is 15.5. The maximum absolute atomic E-state index is 12.4. The molecule has 136 valence electrons. The molecule has 2 N–H and O–H groups in total. The van der Waals surface area contributed by atoms with Crippen LogP contribution in [0.5, 0.6) is 0 Å². The van der Waals surface area contributed by atoms with E-state index in [-0.39, 0.29) is 5.91 Å². The second-order valence-corrected chi connectivity index (χ2v) is 6.29. The Balaban J connectivity index is 1.68. The highest BCUT2D eigenvalue weighted by atomic mass is 16.1. The van der Waals surface area contributed by atoms with Crippen LogP contribution in [0.15, 0.2) is 78.9 Å². The van der Waals surface area contributed by atoms with Gasteiger partial charge in [-0.2, -0.15) is 0 Å². The minimum atomic E-state index is 0.0235. The molecule has 0 aliphatic carbocycles. The summed E-state index contributed by atoms with van der Waals surface area (Å²) in [6.07, 6.45) is 5.29. The number of amides is 1. The minimum Gasteiger partial charge on any atom is -0.388 e. The van der Waals surface area contributed by atoms with E-state index in [1.807, 2.05) is 85.9 Å². The molecule has 0 unspecified atom stereocenters. The molecule has 0 saturated carbocycles. The summed E-state index contributed by atoms with van der Waals surface area (Å²) in [6.45, 7) is 0. The summed E-state index contributed by atoms with van der Waals surface area (Å²) in [5, 5.41) is 6.23. The van der Waals surface area contributed by atoms with Gasteiger partial charge in [-0.3, -0.25) is 4.79 Å². The monoisotopic (exact) mass is 356 g/mol. The van der Waals surface area contributed by atoms with Gasteiger partial charge in [0.2, 0.25) is 5.91 Å². The van der Waals surface area contributed by atoms with Gasteiger partial charge in [-0.15, -0.1) is 0 Å². The van der Waals surface area contributed by atoms with E-state index in [9.17, 15) is 4.79 Å². The van der Waals surface area contributed by atoms with E-state index in [0.717, 1.165) is 28.9 Å². The Hall–Kier alpha value is -3.33. The number of carbonyl (C=O) groups is 1. The zero-order valence-corrected chi connectivity index (χ0v) is 15.5. The Morgan fingerprint density at radius 1 is 0.778 bits per heavy atom. The van der Waals surface area contributed by atoms with Crippen LogP contribution < -0.4 is 10.6 Å². The van der Waals surface area contributed by atoms with Gasteiger partial charge in [-0.25, -0.2) is 0 Å². The van der Waals surface area contributed by atoms with E-state index >= 15 is 0 Å². The Bertz CT molecular complexity index is 916. The van der Waals surface area contributed by atoms with Gasteiger partial charge < -0.3 is 10.6 Å². The Morgan fingerprint density at radius 3 is 2.00 bits per heavy atom. The standard InChI is InChI=1S/C24H24N2O/c1-25-22-13-7-5-11-20(22)16-17-21-12-6-8-14-23(21)26-24(27)18-15-19-9-3-2-4-10-19/h2-14,16-17,25H,15,18H2,1H3,(H,26,27)/b17-16+. The quantitative estimate of drug-likeness (QED) is 0.551. The molecule has 0 bridgehead atoms. The average molecular weight is 356 g/mol. The van der Waals surface area contributed by atoms with Crippen LogP contribution >= 0.6 is 0 Å². The molecule has 0 aliphatic rings. The molecule has 0 heterocycles. The van der Waals surface area contributed by atoms with Crippen LogP contribution in [0, 0.1) is 0 Å². The van der Waals surface area contributed by atoms with E-state index < -0.39 is 0 Å². The van der Waals surface area contributed by atoms with Crippen molar-refractivity contribution in [3.63, 3.8) is 0 Å². The summed E-state index contributed by atoms with van der Waals surface area (Å²) >= 11 is 0. The van der Waals surface area contributed by atoms with Crippen molar-refractivity contribution in [2.24, 2.45) is 0 Å². The summed E-state index contributed by atoms with van der Waals surface area (Å²) in [4.78, 5) is 12.4. The van der Waals surface area contributed by atoms with Gasteiger partial charge in [-0.1, -0.05) is 78.9 Å². The van der Waals surface area contributed by atoms with Gasteiger partial charge in [0.25, 0.3) is 0 Å². The van der Waals surface area contributed by atoms with Crippen LogP contribution in [0.4, 0.5) is 11.4 Å². The van der Waals surface area contributed by atoms with Crippen molar-refractivity contribution in [2.45, 2.75) is 12.8 Å². The molecule has 0 atom stereocenters. The van der Waals surface area contributed by atoms with Crippen molar-refractivity contribution in [3.8, 4) is 0 Å². The van der Waals surface area contributed by atoms with Crippen LogP contribution in [0.1, 0.15) is 23.1 Å². The first-order valence-corrected chi connectivity index (χ1v) is 9.14. The van der Waals surface area contributed by atoms with Crippen molar-refractivity contribution in [3.05, 3.63) is 95.6 Å². The summed E-state index contributed by atoms with van der Waals surface area (Å²) < 4.78 is 0. The molecule has 3 aromatic rings. The summed E-state index contributed by atoms with van der Waals surface area (Å²) in [5.41, 5.74) is 5.15. The van der Waals surface area contributed by atoms with Crippen molar-refractivity contribution in [1.29, 1.82) is 0 Å². The number of hydrogen-bond donors (Lipinski definition) is 2. The first kappa shape index (κ1) is 18.5. The molecule has 0 spiro atoms. The number of carbonyl (C=O) groups excluding carboxylic acids is 1. The van der Waals surface area contributed by atoms with E-state index in [0.29, 0.717) is 6.42 Å². The first-order chi connectivity index (χ1) is 13.3. The molecule has 0 radical (unpaired) electrons. The maximum Gasteiger partial charge on any atom is 0.224 e. The molecule has 27 heavy (non-hydrogen) atoms. The predicted octanol–water partition coefficient (Wildman–Crippen LogP) is 5.47. The number of nitrogens with one attached hydrogen (secondary N) is 2. The van der Waals surface area contributed by atoms with Gasteiger partial charge in [0.1, 0.15) is 0 Å². The zero-order chi connectivity index (χ0) is 18.9. The molecule has 0 fully saturated rings. The number of benzene rings is 3. The minimum absolute atomic E-state index is 0.0235. The number of anilines is 2. The summed E-state index contributed by atoms with van der Waals surface area (Å²) in [7, 11) is 1.91. The Kier molecular flexibility index (Phi) is 6.42. The summed E-state index contributed by atoms with van der Waals surface area (Å²) in [5.74, 6) is 0.0235. The third-order valence-electron chi connectivity index (χ3n) is 4.39. The highest BCUT2D eigenvalue weighted by Crippen LogP contribution is 2.21. The van der Waals surface area contributed by atoms with Crippen LogP contribution in [0.2, 0.25) is 0 Å². The van der Waals surface area contributed by atoms with E-state index in [1.54, 1.807) is 0 Å². The number of aryl methyl sites for hydroxylation is 1. The SMILES string of the molecule is CNc1ccccc1/C=C/c1ccccc1NC(=O)CCc1ccccc1. The van der Waals surface area contributed by atoms with Crippen LogP contribution in [0.3, 0.4) is 0 Å². The Morgan fingerprint density at radius 2 is 1.33 bits per heavy atom. The predicted molar refractivity (Wildman–Crippen MR) is 115 cm³/mol. The third kappa shape index (κ3) is 5.32. The fourth-order valence-corrected chi connectivity index (χ4v) is 2.92. The lowest BCUT2D eigenvalue weighted by atomic mass is 10.1. The lowest BCUT2D eigenvalue weighted by Crippen LogP contribution is -2.13. The lowest BCUT2D eigenvalue weighted by Gasteiger charge is -2.09. The number of hydrogen-bond acceptors (Lipinski definition) is 2. The van der Waals surface area contributed by atoms with Crippen molar-refractivity contribution in [1.82, 2.24) is 0 Å². The number of rotatable bonds is 7. The molecular formula is C24H24N2O. The molecular weight excluding hydrogens is 332 g/mol. The van der Waals surface area contributed by atoms with Crippen molar-refractivity contribution in [2.75, 3.05) is 17.7 Å². The fraction of sp³-hybridized carbons (Fsp3) is 0.125. The second-order valence-electron chi connectivity index (χ2n) is 6.29. The smallest absolute Gasteiger partial charge is 0.224 e. The van der Waals surface area contributed by atoms with E-state index in [4.69, 9.17) is 0 Å². The molecule has 0 aromatic heterocycles. The largest absolute Gasteiger partial charge is 0.388 e. The molecule has 3 rings (SSSR count). The molecule has 3 nitrogen and oxygen atoms in total. The van der Waals surface area contributed by atoms with Crippen LogP contribution in [-0.2, 0) is 11.2 Å². The number of para-hydroxylation sites is 2. The second kappa shape index (κ2) is 9.39. The highest BCUT2D eigenvalue weighted by Gasteiger charge is 2.06. The van der Waals surface area contributed by atoms with Gasteiger partial charge in [0.15, 0.2) is 0 Å². The molecule has 0 saturated heterocycles. The van der Waals surface area contributed by atoms with Gasteiger partial charge >= 0.3 is 0 Å². The van der Waals surface area contributed by atoms with Gasteiger partial charge in [0.05, 0.1) is 0 Å². The molecule has 3 aromatic carbocycles. The molecule has 3 heteroatoms. The average Bonchev–Trinajstić information content (AvgIpc) is 2.72. The van der Waals surface area contributed by atoms with Crippen molar-refractivity contribution >= 4 is 29.4 Å². The summed E-state index contributed by atoms with van der Waals surface area (Å²) in [6, 6.07) is 26.0. The normalized spacial score (nSPS) is 10.7. The molecule has 0 aliphatic heterocycles.